The Morgan fingerprint density at radius 3 is 2.50 bits per heavy atom. The van der Waals surface area contributed by atoms with Gasteiger partial charge in [0.1, 0.15) is 0 Å². The average molecular weight is 383 g/mol. The number of aromatic hydroxyl groups is 1. The van der Waals surface area contributed by atoms with Gasteiger partial charge >= 0.3 is 5.97 Å². The number of esters is 1. The molecule has 1 aliphatic rings. The first-order valence-corrected chi connectivity index (χ1v) is 9.51. The molecule has 7 heteroatoms. The molecule has 0 saturated carbocycles. The molecule has 1 N–H and O–H groups in total. The number of carbonyl (C=O) groups excluding carboxylic acids is 2. The molecule has 2 heterocycles. The summed E-state index contributed by atoms with van der Waals surface area (Å²) in [7, 11) is 0. The number of ether oxygens (including phenoxy) is 1. The topological polar surface area (TPSA) is 83.0 Å². The summed E-state index contributed by atoms with van der Waals surface area (Å²) in [6.45, 7) is 5.95. The molecule has 1 aromatic carbocycles. The van der Waals surface area contributed by atoms with Gasteiger partial charge in [0.25, 0.3) is 0 Å². The molecule has 1 aromatic heterocycles. The number of nitrogens with zero attached hydrogens (tertiary/aromatic N) is 3. The predicted molar refractivity (Wildman–Crippen MR) is 106 cm³/mol. The molecule has 148 valence electrons. The summed E-state index contributed by atoms with van der Waals surface area (Å²) in [6, 6.07) is 8.40. The van der Waals surface area contributed by atoms with Crippen molar-refractivity contribution in [3.63, 3.8) is 0 Å². The second-order valence-corrected chi connectivity index (χ2v) is 6.72. The number of hydrogen-bond acceptors (Lipinski definition) is 7. The number of benzene rings is 1. The van der Waals surface area contributed by atoms with E-state index in [-0.39, 0.29) is 23.7 Å². The molecule has 2 aromatic rings. The van der Waals surface area contributed by atoms with E-state index in [1.165, 1.54) is 17.8 Å². The lowest BCUT2D eigenvalue weighted by Crippen LogP contribution is -2.46. The molecule has 0 amide bonds. The van der Waals surface area contributed by atoms with E-state index in [1.54, 1.807) is 25.4 Å². The smallest absolute Gasteiger partial charge is 0.311 e. The van der Waals surface area contributed by atoms with Crippen LogP contribution in [0.4, 0.5) is 5.69 Å². The van der Waals surface area contributed by atoms with E-state index >= 15 is 0 Å². The molecular weight excluding hydrogens is 358 g/mol. The van der Waals surface area contributed by atoms with Crippen molar-refractivity contribution in [2.45, 2.75) is 19.8 Å². The number of rotatable bonds is 7. The number of aromatic nitrogens is 1. The molecule has 1 fully saturated rings. The van der Waals surface area contributed by atoms with Crippen LogP contribution in [0.15, 0.2) is 42.7 Å². The van der Waals surface area contributed by atoms with Crippen molar-refractivity contribution in [2.75, 3.05) is 37.6 Å². The van der Waals surface area contributed by atoms with Crippen molar-refractivity contribution in [1.29, 1.82) is 0 Å². The van der Waals surface area contributed by atoms with Gasteiger partial charge < -0.3 is 14.7 Å². The molecule has 0 aliphatic carbocycles. The van der Waals surface area contributed by atoms with Crippen LogP contribution in [0, 0.1) is 0 Å². The van der Waals surface area contributed by atoms with Gasteiger partial charge in [-0.1, -0.05) is 6.92 Å². The summed E-state index contributed by atoms with van der Waals surface area (Å²) in [5.74, 6) is -0.605. The Morgan fingerprint density at radius 1 is 1.11 bits per heavy atom. The maximum atomic E-state index is 12.5. The monoisotopic (exact) mass is 383 g/mol. The van der Waals surface area contributed by atoms with Gasteiger partial charge in [0.05, 0.1) is 0 Å². The zero-order valence-corrected chi connectivity index (χ0v) is 16.0. The number of phenols is 1. The van der Waals surface area contributed by atoms with E-state index in [9.17, 15) is 14.7 Å². The van der Waals surface area contributed by atoms with E-state index < -0.39 is 5.97 Å². The standard InChI is InChI=1S/C21H25N3O4/c1-2-21(27)28-20-15-16(3-4-19(20)26)18(25)7-10-23-11-13-24(14-12-23)17-5-8-22-9-6-17/h3-6,8-9,15,26H,2,7,10-14H2,1H3. The fraction of sp³-hybridized carbons (Fsp3) is 0.381. The maximum Gasteiger partial charge on any atom is 0.311 e. The lowest BCUT2D eigenvalue weighted by atomic mass is 10.1. The maximum absolute atomic E-state index is 12.5. The van der Waals surface area contributed by atoms with Crippen molar-refractivity contribution in [2.24, 2.45) is 0 Å². The number of piperazine rings is 1. The van der Waals surface area contributed by atoms with Crippen LogP contribution in [-0.2, 0) is 4.79 Å². The van der Waals surface area contributed by atoms with E-state index in [1.807, 2.05) is 12.1 Å². The van der Waals surface area contributed by atoms with Crippen molar-refractivity contribution < 1.29 is 19.4 Å². The molecule has 0 unspecified atom stereocenters. The average Bonchev–Trinajstić information content (AvgIpc) is 2.74. The summed E-state index contributed by atoms with van der Waals surface area (Å²) in [6.07, 6.45) is 4.17. The van der Waals surface area contributed by atoms with Crippen LogP contribution in [0.1, 0.15) is 30.1 Å². The first-order valence-electron chi connectivity index (χ1n) is 9.51. The van der Waals surface area contributed by atoms with E-state index in [0.29, 0.717) is 18.5 Å². The van der Waals surface area contributed by atoms with Crippen molar-refractivity contribution in [3.05, 3.63) is 48.3 Å². The van der Waals surface area contributed by atoms with Gasteiger partial charge in [0.2, 0.25) is 0 Å². The highest BCUT2D eigenvalue weighted by atomic mass is 16.5. The number of carbonyl (C=O) groups is 2. The molecule has 0 bridgehead atoms. The third kappa shape index (κ3) is 5.07. The minimum absolute atomic E-state index is 0.0312. The van der Waals surface area contributed by atoms with Gasteiger partial charge in [-0.2, -0.15) is 0 Å². The Hall–Kier alpha value is -2.93. The first-order chi connectivity index (χ1) is 13.6. The molecule has 0 spiro atoms. The molecule has 7 nitrogen and oxygen atoms in total. The Labute approximate surface area is 164 Å². The van der Waals surface area contributed by atoms with Gasteiger partial charge in [-0.3, -0.25) is 19.5 Å². The fourth-order valence-corrected chi connectivity index (χ4v) is 3.15. The summed E-state index contributed by atoms with van der Waals surface area (Å²) in [4.78, 5) is 32.6. The number of anilines is 1. The van der Waals surface area contributed by atoms with Crippen LogP contribution in [0.25, 0.3) is 0 Å². The largest absolute Gasteiger partial charge is 0.504 e. The molecule has 1 aliphatic heterocycles. The minimum Gasteiger partial charge on any atom is -0.504 e. The molecule has 3 rings (SSSR count). The van der Waals surface area contributed by atoms with Crippen molar-refractivity contribution in [1.82, 2.24) is 9.88 Å². The summed E-state index contributed by atoms with van der Waals surface area (Å²) in [5.41, 5.74) is 1.61. The molecule has 1 saturated heterocycles. The Bertz CT molecular complexity index is 818. The number of ketones is 1. The zero-order valence-electron chi connectivity index (χ0n) is 16.0. The SMILES string of the molecule is CCC(=O)Oc1cc(C(=O)CCN2CCN(c3ccncc3)CC2)ccc1O. The number of phenolic OH excluding ortho intramolecular Hbond substituents is 1. The Kier molecular flexibility index (Phi) is 6.60. The van der Waals surface area contributed by atoms with E-state index in [4.69, 9.17) is 4.74 Å². The highest BCUT2D eigenvalue weighted by molar-refractivity contribution is 5.97. The van der Waals surface area contributed by atoms with Crippen LogP contribution in [0.2, 0.25) is 0 Å². The van der Waals surface area contributed by atoms with Crippen LogP contribution in [0.5, 0.6) is 11.5 Å². The van der Waals surface area contributed by atoms with Gasteiger partial charge in [0.15, 0.2) is 17.3 Å². The Morgan fingerprint density at radius 2 is 1.82 bits per heavy atom. The predicted octanol–water partition coefficient (Wildman–Crippen LogP) is 2.50. The normalized spacial score (nSPS) is 14.7. The molecule has 0 radical (unpaired) electrons. The van der Waals surface area contributed by atoms with E-state index in [0.717, 1.165) is 26.2 Å². The van der Waals surface area contributed by atoms with Gasteiger partial charge in [-0.15, -0.1) is 0 Å². The second kappa shape index (κ2) is 9.32. The Balaban J connectivity index is 1.51. The lowest BCUT2D eigenvalue weighted by Gasteiger charge is -2.35. The quantitative estimate of drug-likeness (QED) is 0.447. The van der Waals surface area contributed by atoms with Crippen LogP contribution >= 0.6 is 0 Å². The zero-order chi connectivity index (χ0) is 19.9. The summed E-state index contributed by atoms with van der Waals surface area (Å²) in [5, 5.41) is 9.81. The third-order valence-electron chi connectivity index (χ3n) is 4.85. The van der Waals surface area contributed by atoms with Gasteiger partial charge in [-0.25, -0.2) is 0 Å². The van der Waals surface area contributed by atoms with Crippen LogP contribution in [-0.4, -0.2) is 59.5 Å². The number of Topliss-reactive ketones (excluding diaryl/α,β-unsaturated/α-hetero) is 1. The summed E-state index contributed by atoms with van der Waals surface area (Å²) < 4.78 is 5.07. The third-order valence-corrected chi connectivity index (χ3v) is 4.85. The van der Waals surface area contributed by atoms with E-state index in [2.05, 4.69) is 14.8 Å². The van der Waals surface area contributed by atoms with Crippen molar-refractivity contribution in [3.8, 4) is 11.5 Å². The highest BCUT2D eigenvalue weighted by Crippen LogP contribution is 2.28. The van der Waals surface area contributed by atoms with Crippen LogP contribution in [0.3, 0.4) is 0 Å². The second-order valence-electron chi connectivity index (χ2n) is 6.72. The van der Waals surface area contributed by atoms with Crippen LogP contribution < -0.4 is 9.64 Å². The van der Waals surface area contributed by atoms with Gasteiger partial charge in [0, 0.05) is 69.2 Å². The lowest BCUT2D eigenvalue weighted by molar-refractivity contribution is -0.134. The number of pyridine rings is 1. The van der Waals surface area contributed by atoms with Crippen molar-refractivity contribution >= 4 is 17.4 Å². The summed E-state index contributed by atoms with van der Waals surface area (Å²) >= 11 is 0. The minimum atomic E-state index is -0.452. The molecule has 0 atom stereocenters. The highest BCUT2D eigenvalue weighted by Gasteiger charge is 2.19. The molecule has 28 heavy (non-hydrogen) atoms. The molecular formula is C21H25N3O4. The number of hydrogen-bond donors (Lipinski definition) is 1. The fourth-order valence-electron chi connectivity index (χ4n) is 3.15. The first kappa shape index (κ1) is 19.8. The van der Waals surface area contributed by atoms with Gasteiger partial charge in [-0.05, 0) is 30.3 Å².